The molecule has 1 aromatic heterocycles. The van der Waals surface area contributed by atoms with Crippen molar-refractivity contribution in [2.75, 3.05) is 7.11 Å². The van der Waals surface area contributed by atoms with Gasteiger partial charge in [0.1, 0.15) is 0 Å². The van der Waals surface area contributed by atoms with Gasteiger partial charge in [0.2, 0.25) is 0 Å². The monoisotopic (exact) mass is 307 g/mol. The summed E-state index contributed by atoms with van der Waals surface area (Å²) in [5, 5.41) is 1.17. The maximum Gasteiger partial charge on any atom is 0.310 e. The van der Waals surface area contributed by atoms with E-state index in [1.165, 1.54) is 23.6 Å². The van der Waals surface area contributed by atoms with Crippen molar-refractivity contribution in [3.8, 4) is 0 Å². The van der Waals surface area contributed by atoms with Crippen molar-refractivity contribution in [3.05, 3.63) is 33.9 Å². The zero-order valence-electron chi connectivity index (χ0n) is 10.2. The second-order valence-corrected chi connectivity index (χ2v) is 5.58. The van der Waals surface area contributed by atoms with Gasteiger partial charge in [0, 0.05) is 22.6 Å². The molecule has 1 aromatic carbocycles. The average molecular weight is 308 g/mol. The van der Waals surface area contributed by atoms with Gasteiger partial charge < -0.3 is 9.30 Å². The summed E-state index contributed by atoms with van der Waals surface area (Å²) in [6, 6.07) is 4.28. The topological polar surface area (TPSA) is 31.2 Å². The highest BCUT2D eigenvalue weighted by Gasteiger charge is 2.18. The number of rotatable bonds is 2. The molecule has 1 aliphatic rings. The van der Waals surface area contributed by atoms with E-state index in [9.17, 15) is 4.79 Å². The molecule has 18 heavy (non-hydrogen) atoms. The first-order valence-electron chi connectivity index (χ1n) is 6.06. The number of aromatic nitrogens is 1. The number of aryl methyl sites for hydroxylation is 2. The molecule has 2 heterocycles. The molecule has 1 aliphatic heterocycles. The molecule has 4 heteroatoms. The Bertz CT molecular complexity index is 630. The van der Waals surface area contributed by atoms with Crippen LogP contribution in [0.3, 0.4) is 0 Å². The first-order chi connectivity index (χ1) is 8.69. The largest absolute Gasteiger partial charge is 0.469 e. The molecule has 0 atom stereocenters. The Balaban J connectivity index is 2.19. The van der Waals surface area contributed by atoms with Crippen LogP contribution in [-0.4, -0.2) is 17.6 Å². The van der Waals surface area contributed by atoms with Crippen LogP contribution in [0.25, 0.3) is 10.9 Å². The number of ether oxygens (including phenoxy) is 1. The molecular formula is C14H14BrNO2. The first-order valence-corrected chi connectivity index (χ1v) is 6.85. The summed E-state index contributed by atoms with van der Waals surface area (Å²) in [5.74, 6) is -0.185. The highest BCUT2D eigenvalue weighted by molar-refractivity contribution is 9.10. The number of esters is 1. The lowest BCUT2D eigenvalue weighted by molar-refractivity contribution is -0.139. The van der Waals surface area contributed by atoms with Gasteiger partial charge in [-0.1, -0.05) is 15.9 Å². The summed E-state index contributed by atoms with van der Waals surface area (Å²) in [4.78, 5) is 11.5. The molecular weight excluding hydrogens is 294 g/mol. The van der Waals surface area contributed by atoms with Gasteiger partial charge in [-0.15, -0.1) is 0 Å². The van der Waals surface area contributed by atoms with Crippen LogP contribution in [0, 0.1) is 0 Å². The lowest BCUT2D eigenvalue weighted by Gasteiger charge is -2.15. The van der Waals surface area contributed by atoms with Crippen molar-refractivity contribution < 1.29 is 9.53 Å². The minimum absolute atomic E-state index is 0.185. The lowest BCUT2D eigenvalue weighted by Crippen LogP contribution is -2.06. The normalized spacial score (nSPS) is 13.9. The fraction of sp³-hybridized carbons (Fsp3) is 0.357. The Kier molecular flexibility index (Phi) is 2.90. The average Bonchev–Trinajstić information content (AvgIpc) is 2.69. The number of hydrogen-bond donors (Lipinski definition) is 0. The lowest BCUT2D eigenvalue weighted by atomic mass is 10.0. The second kappa shape index (κ2) is 4.43. The van der Waals surface area contributed by atoms with Crippen LogP contribution in [-0.2, 0) is 28.9 Å². The van der Waals surface area contributed by atoms with E-state index in [0.29, 0.717) is 6.42 Å². The maximum absolute atomic E-state index is 11.5. The highest BCUT2D eigenvalue weighted by Crippen LogP contribution is 2.32. The van der Waals surface area contributed by atoms with E-state index in [2.05, 4.69) is 38.8 Å². The van der Waals surface area contributed by atoms with Gasteiger partial charge in [-0.2, -0.15) is 0 Å². The van der Waals surface area contributed by atoms with Crippen LogP contribution in [0.2, 0.25) is 0 Å². The van der Waals surface area contributed by atoms with Crippen molar-refractivity contribution in [3.63, 3.8) is 0 Å². The quantitative estimate of drug-likeness (QED) is 0.799. The van der Waals surface area contributed by atoms with Gasteiger partial charge in [0.05, 0.1) is 19.0 Å². The predicted molar refractivity (Wildman–Crippen MR) is 73.7 cm³/mol. The molecule has 94 valence electrons. The fourth-order valence-electron chi connectivity index (χ4n) is 2.74. The molecule has 0 spiro atoms. The fourth-order valence-corrected chi connectivity index (χ4v) is 3.24. The molecule has 0 bridgehead atoms. The van der Waals surface area contributed by atoms with Crippen LogP contribution in [0.15, 0.2) is 22.8 Å². The smallest absolute Gasteiger partial charge is 0.310 e. The van der Waals surface area contributed by atoms with Gasteiger partial charge in [0.25, 0.3) is 0 Å². The number of hydrogen-bond acceptors (Lipinski definition) is 2. The summed E-state index contributed by atoms with van der Waals surface area (Å²) in [5.41, 5.74) is 3.70. The molecule has 3 rings (SSSR count). The molecule has 0 radical (unpaired) electrons. The highest BCUT2D eigenvalue weighted by atomic mass is 79.9. The standard InChI is InChI=1S/C14H14BrNO2/c1-18-13(17)6-10-8-16-4-2-3-9-5-11(15)7-12(10)14(9)16/h5,7-8H,2-4,6H2,1H3. The first kappa shape index (κ1) is 11.8. The van der Waals surface area contributed by atoms with E-state index in [-0.39, 0.29) is 5.97 Å². The molecule has 0 saturated carbocycles. The van der Waals surface area contributed by atoms with E-state index < -0.39 is 0 Å². The van der Waals surface area contributed by atoms with Crippen molar-refractivity contribution >= 4 is 32.8 Å². The van der Waals surface area contributed by atoms with Crippen molar-refractivity contribution in [1.82, 2.24) is 4.57 Å². The third kappa shape index (κ3) is 1.85. The molecule has 0 N–H and O–H groups in total. The van der Waals surface area contributed by atoms with Gasteiger partial charge in [0.15, 0.2) is 0 Å². The van der Waals surface area contributed by atoms with E-state index in [1.54, 1.807) is 0 Å². The SMILES string of the molecule is COC(=O)Cc1cn2c3c(cc(Br)cc13)CCC2. The van der Waals surface area contributed by atoms with Gasteiger partial charge in [-0.3, -0.25) is 4.79 Å². The third-order valence-corrected chi connectivity index (χ3v) is 3.96. The second-order valence-electron chi connectivity index (χ2n) is 4.67. The molecule has 0 saturated heterocycles. The molecule has 2 aromatic rings. The summed E-state index contributed by atoms with van der Waals surface area (Å²) in [6.45, 7) is 1.03. The Labute approximate surface area is 114 Å². The zero-order valence-corrected chi connectivity index (χ0v) is 11.8. The Morgan fingerprint density at radius 1 is 1.50 bits per heavy atom. The summed E-state index contributed by atoms with van der Waals surface area (Å²) in [6.07, 6.45) is 4.70. The third-order valence-electron chi connectivity index (χ3n) is 3.51. The number of nitrogens with zero attached hydrogens (tertiary/aromatic N) is 1. The Hall–Kier alpha value is -1.29. The summed E-state index contributed by atoms with van der Waals surface area (Å²) >= 11 is 3.55. The molecule has 3 nitrogen and oxygen atoms in total. The number of benzene rings is 1. The van der Waals surface area contributed by atoms with Gasteiger partial charge in [-0.25, -0.2) is 0 Å². The van der Waals surface area contributed by atoms with Crippen LogP contribution < -0.4 is 0 Å². The molecule has 0 fully saturated rings. The number of methoxy groups -OCH3 is 1. The predicted octanol–water partition coefficient (Wildman–Crippen LogP) is 3.07. The van der Waals surface area contributed by atoms with Crippen LogP contribution >= 0.6 is 15.9 Å². The van der Waals surface area contributed by atoms with E-state index in [0.717, 1.165) is 29.4 Å². The minimum atomic E-state index is -0.185. The van der Waals surface area contributed by atoms with Crippen molar-refractivity contribution in [2.24, 2.45) is 0 Å². The Morgan fingerprint density at radius 3 is 3.11 bits per heavy atom. The number of carbonyl (C=O) groups is 1. The van der Waals surface area contributed by atoms with Crippen LogP contribution in [0.1, 0.15) is 17.5 Å². The van der Waals surface area contributed by atoms with Gasteiger partial charge in [-0.05, 0) is 36.1 Å². The molecule has 0 amide bonds. The number of carbonyl (C=O) groups excluding carboxylic acids is 1. The maximum atomic E-state index is 11.5. The van der Waals surface area contributed by atoms with Crippen LogP contribution in [0.5, 0.6) is 0 Å². The van der Waals surface area contributed by atoms with Crippen LogP contribution in [0.4, 0.5) is 0 Å². The van der Waals surface area contributed by atoms with Crippen molar-refractivity contribution in [1.29, 1.82) is 0 Å². The van der Waals surface area contributed by atoms with E-state index in [4.69, 9.17) is 4.74 Å². The molecule has 0 unspecified atom stereocenters. The minimum Gasteiger partial charge on any atom is -0.469 e. The van der Waals surface area contributed by atoms with E-state index in [1.807, 2.05) is 0 Å². The summed E-state index contributed by atoms with van der Waals surface area (Å²) in [7, 11) is 1.43. The van der Waals surface area contributed by atoms with E-state index >= 15 is 0 Å². The van der Waals surface area contributed by atoms with Crippen molar-refractivity contribution in [2.45, 2.75) is 25.8 Å². The Morgan fingerprint density at radius 2 is 2.33 bits per heavy atom. The summed E-state index contributed by atoms with van der Waals surface area (Å²) < 4.78 is 8.10. The molecule has 0 aliphatic carbocycles. The van der Waals surface area contributed by atoms with Gasteiger partial charge >= 0.3 is 5.97 Å². The number of halogens is 1. The zero-order chi connectivity index (χ0) is 12.7.